The molecule has 11 heteroatoms. The zero-order valence-electron chi connectivity index (χ0n) is 24.9. The molecule has 236 valence electrons. The Labute approximate surface area is 283 Å². The number of nitrogens with zero attached hydrogens (tertiary/aromatic N) is 2. The van der Waals surface area contributed by atoms with Gasteiger partial charge in [0.2, 0.25) is 11.8 Å². The van der Waals surface area contributed by atoms with Crippen molar-refractivity contribution < 1.29 is 18.0 Å². The molecular weight excluding hydrogens is 697 g/mol. The molecule has 0 fully saturated rings. The number of amides is 2. The Hall–Kier alpha value is -3.37. The van der Waals surface area contributed by atoms with E-state index in [-0.39, 0.29) is 45.5 Å². The van der Waals surface area contributed by atoms with E-state index in [1.165, 1.54) is 29.2 Å². The van der Waals surface area contributed by atoms with Crippen molar-refractivity contribution in [2.75, 3.05) is 10.8 Å². The van der Waals surface area contributed by atoms with Crippen LogP contribution in [0.5, 0.6) is 0 Å². The standard InChI is InChI=1S/C34H34BrCl2N3O4S/c1-3-24(2)38-34(42)31(21-25-12-6-4-7-13-25)39(22-26-14-10-15-27(35)20-26)32(41)23-40(30-19-11-18-29(36)33(30)37)45(43,44)28-16-8-5-9-17-28/h4-20,24,31H,3,21-23H2,1-2H3,(H,38,42)/t24-,31+/m0/s1. The Bertz CT molecular complexity index is 1730. The number of anilines is 1. The molecule has 4 aromatic rings. The van der Waals surface area contributed by atoms with Gasteiger partial charge in [-0.3, -0.25) is 13.9 Å². The second-order valence-electron chi connectivity index (χ2n) is 10.6. The molecule has 0 saturated heterocycles. The lowest BCUT2D eigenvalue weighted by Gasteiger charge is -2.34. The zero-order chi connectivity index (χ0) is 32.6. The monoisotopic (exact) mass is 729 g/mol. The summed E-state index contributed by atoms with van der Waals surface area (Å²) in [5.74, 6) is -0.930. The molecule has 0 radical (unpaired) electrons. The predicted octanol–water partition coefficient (Wildman–Crippen LogP) is 7.51. The second kappa shape index (κ2) is 15.8. The third-order valence-electron chi connectivity index (χ3n) is 7.32. The van der Waals surface area contributed by atoms with Gasteiger partial charge >= 0.3 is 0 Å². The first kappa shape index (κ1) is 34.5. The van der Waals surface area contributed by atoms with Crippen LogP contribution in [0.25, 0.3) is 0 Å². The van der Waals surface area contributed by atoms with E-state index in [0.29, 0.717) is 6.42 Å². The van der Waals surface area contributed by atoms with Gasteiger partial charge in [0.1, 0.15) is 12.6 Å². The highest BCUT2D eigenvalue weighted by Crippen LogP contribution is 2.35. The van der Waals surface area contributed by atoms with Crippen LogP contribution in [0.1, 0.15) is 31.4 Å². The van der Waals surface area contributed by atoms with Gasteiger partial charge in [-0.05, 0) is 60.9 Å². The lowest BCUT2D eigenvalue weighted by atomic mass is 10.0. The molecule has 1 N–H and O–H groups in total. The van der Waals surface area contributed by atoms with Crippen molar-refractivity contribution in [2.45, 2.75) is 50.2 Å². The molecule has 0 aliphatic rings. The van der Waals surface area contributed by atoms with E-state index in [1.54, 1.807) is 24.3 Å². The summed E-state index contributed by atoms with van der Waals surface area (Å²) in [6.07, 6.45) is 0.909. The van der Waals surface area contributed by atoms with E-state index in [0.717, 1.165) is 19.9 Å². The summed E-state index contributed by atoms with van der Waals surface area (Å²) in [7, 11) is -4.29. The maximum Gasteiger partial charge on any atom is 0.264 e. The minimum atomic E-state index is -4.29. The van der Waals surface area contributed by atoms with Gasteiger partial charge in [0, 0.05) is 23.5 Å². The van der Waals surface area contributed by atoms with Gasteiger partial charge in [-0.15, -0.1) is 0 Å². The lowest BCUT2D eigenvalue weighted by molar-refractivity contribution is -0.140. The van der Waals surface area contributed by atoms with Crippen LogP contribution in [0, 0.1) is 0 Å². The minimum Gasteiger partial charge on any atom is -0.352 e. The largest absolute Gasteiger partial charge is 0.352 e. The van der Waals surface area contributed by atoms with Crippen molar-refractivity contribution in [1.82, 2.24) is 10.2 Å². The zero-order valence-corrected chi connectivity index (χ0v) is 28.8. The summed E-state index contributed by atoms with van der Waals surface area (Å²) in [5.41, 5.74) is 1.65. The smallest absolute Gasteiger partial charge is 0.264 e. The first-order chi connectivity index (χ1) is 21.5. The number of hydrogen-bond donors (Lipinski definition) is 1. The van der Waals surface area contributed by atoms with E-state index in [4.69, 9.17) is 23.2 Å². The molecule has 0 aliphatic heterocycles. The Morgan fingerprint density at radius 2 is 1.49 bits per heavy atom. The number of nitrogens with one attached hydrogen (secondary N) is 1. The lowest BCUT2D eigenvalue weighted by Crippen LogP contribution is -2.54. The van der Waals surface area contributed by atoms with Gasteiger partial charge in [0.15, 0.2) is 0 Å². The Kier molecular flexibility index (Phi) is 12.1. The fourth-order valence-electron chi connectivity index (χ4n) is 4.75. The summed E-state index contributed by atoms with van der Waals surface area (Å²) in [4.78, 5) is 29.9. The van der Waals surface area contributed by atoms with Gasteiger partial charge in [-0.25, -0.2) is 8.42 Å². The highest BCUT2D eigenvalue weighted by molar-refractivity contribution is 9.10. The van der Waals surface area contributed by atoms with Gasteiger partial charge in [0.25, 0.3) is 10.0 Å². The minimum absolute atomic E-state index is 0.0136. The molecule has 4 rings (SSSR count). The molecule has 4 aromatic carbocycles. The Balaban J connectivity index is 1.83. The molecule has 0 aromatic heterocycles. The van der Waals surface area contributed by atoms with E-state index in [1.807, 2.05) is 68.4 Å². The number of carbonyl (C=O) groups is 2. The molecule has 0 heterocycles. The molecule has 0 unspecified atom stereocenters. The number of halogens is 3. The van der Waals surface area contributed by atoms with E-state index in [2.05, 4.69) is 21.2 Å². The summed E-state index contributed by atoms with van der Waals surface area (Å²) >= 11 is 16.4. The number of hydrogen-bond acceptors (Lipinski definition) is 4. The highest BCUT2D eigenvalue weighted by atomic mass is 79.9. The molecular formula is C34H34BrCl2N3O4S. The summed E-state index contributed by atoms with van der Waals surface area (Å²) in [5, 5.41) is 3.15. The van der Waals surface area contributed by atoms with Crippen LogP contribution < -0.4 is 9.62 Å². The quantitative estimate of drug-likeness (QED) is 0.154. The van der Waals surface area contributed by atoms with Gasteiger partial charge in [0.05, 0.1) is 20.6 Å². The molecule has 7 nitrogen and oxygen atoms in total. The number of sulfonamides is 1. The molecule has 0 spiro atoms. The van der Waals surface area contributed by atoms with Crippen LogP contribution in [0.4, 0.5) is 5.69 Å². The Morgan fingerprint density at radius 3 is 2.13 bits per heavy atom. The third kappa shape index (κ3) is 8.88. The van der Waals surface area contributed by atoms with Crippen molar-refractivity contribution in [3.63, 3.8) is 0 Å². The van der Waals surface area contributed by atoms with Crippen molar-refractivity contribution in [1.29, 1.82) is 0 Å². The summed E-state index contributed by atoms with van der Waals surface area (Å²) in [6, 6.07) is 28.1. The van der Waals surface area contributed by atoms with Crippen molar-refractivity contribution in [2.24, 2.45) is 0 Å². The third-order valence-corrected chi connectivity index (χ3v) is 10.4. The second-order valence-corrected chi connectivity index (χ2v) is 14.1. The average Bonchev–Trinajstić information content (AvgIpc) is 3.03. The summed E-state index contributed by atoms with van der Waals surface area (Å²) in [6.45, 7) is 3.27. The van der Waals surface area contributed by atoms with E-state index < -0.39 is 28.5 Å². The highest BCUT2D eigenvalue weighted by Gasteiger charge is 2.35. The normalized spacial score (nSPS) is 12.6. The van der Waals surface area contributed by atoms with Crippen molar-refractivity contribution in [3.8, 4) is 0 Å². The maximum atomic E-state index is 14.5. The van der Waals surface area contributed by atoms with Crippen LogP contribution in [0.15, 0.2) is 112 Å². The fourth-order valence-corrected chi connectivity index (χ4v) is 7.09. The summed E-state index contributed by atoms with van der Waals surface area (Å²) < 4.78 is 30.0. The molecule has 45 heavy (non-hydrogen) atoms. The van der Waals surface area contributed by atoms with Crippen LogP contribution in [-0.4, -0.2) is 43.8 Å². The van der Waals surface area contributed by atoms with Crippen molar-refractivity contribution in [3.05, 3.63) is 129 Å². The first-order valence-electron chi connectivity index (χ1n) is 14.4. The fraction of sp³-hybridized carbons (Fsp3) is 0.235. The van der Waals surface area contributed by atoms with Crippen LogP contribution in [0.2, 0.25) is 10.0 Å². The first-order valence-corrected chi connectivity index (χ1v) is 17.4. The van der Waals surface area contributed by atoms with Crippen LogP contribution in [-0.2, 0) is 32.6 Å². The molecule has 0 aliphatic carbocycles. The SMILES string of the molecule is CC[C@H](C)NC(=O)[C@@H](Cc1ccccc1)N(Cc1cccc(Br)c1)C(=O)CN(c1cccc(Cl)c1Cl)S(=O)(=O)c1ccccc1. The van der Waals surface area contributed by atoms with E-state index in [9.17, 15) is 18.0 Å². The molecule has 0 bridgehead atoms. The topological polar surface area (TPSA) is 86.8 Å². The van der Waals surface area contributed by atoms with Gasteiger partial charge in [-0.1, -0.05) is 113 Å². The van der Waals surface area contributed by atoms with Gasteiger partial charge in [-0.2, -0.15) is 0 Å². The molecule has 2 amide bonds. The number of rotatable bonds is 13. The molecule has 0 saturated carbocycles. The van der Waals surface area contributed by atoms with Crippen LogP contribution in [0.3, 0.4) is 0 Å². The van der Waals surface area contributed by atoms with Gasteiger partial charge < -0.3 is 10.2 Å². The predicted molar refractivity (Wildman–Crippen MR) is 184 cm³/mol. The van der Waals surface area contributed by atoms with E-state index >= 15 is 0 Å². The number of carbonyl (C=O) groups excluding carboxylic acids is 2. The average molecular weight is 732 g/mol. The van der Waals surface area contributed by atoms with Crippen molar-refractivity contribution >= 4 is 66.7 Å². The number of benzene rings is 4. The maximum absolute atomic E-state index is 14.5. The Morgan fingerprint density at radius 1 is 0.867 bits per heavy atom. The van der Waals surface area contributed by atoms with Crippen LogP contribution >= 0.6 is 39.1 Å². The molecule has 2 atom stereocenters.